The molecular weight excluding hydrogens is 306 g/mol. The maximum absolute atomic E-state index is 12.7. The SMILES string of the molecule is COc1ccc2cc([C@H](C)C(=O)N3CCC(C(=O)O)C3)ccc2c1. The molecule has 1 aliphatic heterocycles. The number of aliphatic carboxylic acids is 1. The molecule has 24 heavy (non-hydrogen) atoms. The van der Waals surface area contributed by atoms with Crippen LogP contribution in [0.5, 0.6) is 5.75 Å². The Morgan fingerprint density at radius 2 is 1.92 bits per heavy atom. The number of carbonyl (C=O) groups is 2. The van der Waals surface area contributed by atoms with E-state index in [1.54, 1.807) is 12.0 Å². The van der Waals surface area contributed by atoms with Crippen LogP contribution >= 0.6 is 0 Å². The van der Waals surface area contributed by atoms with E-state index in [1.807, 2.05) is 43.3 Å². The first kappa shape index (κ1) is 16.3. The largest absolute Gasteiger partial charge is 0.497 e. The number of carboxylic acids is 1. The number of ether oxygens (including phenoxy) is 1. The number of methoxy groups -OCH3 is 1. The van der Waals surface area contributed by atoms with Crippen LogP contribution in [0.1, 0.15) is 24.8 Å². The predicted molar refractivity (Wildman–Crippen MR) is 91.2 cm³/mol. The molecule has 0 radical (unpaired) electrons. The van der Waals surface area contributed by atoms with Gasteiger partial charge in [0.25, 0.3) is 0 Å². The van der Waals surface area contributed by atoms with Crippen LogP contribution in [-0.2, 0) is 9.59 Å². The Bertz CT molecular complexity index is 786. The minimum Gasteiger partial charge on any atom is -0.497 e. The van der Waals surface area contributed by atoms with Crippen LogP contribution in [0, 0.1) is 5.92 Å². The maximum atomic E-state index is 12.7. The Hall–Kier alpha value is -2.56. The molecule has 3 rings (SSSR count). The highest BCUT2D eigenvalue weighted by Gasteiger charge is 2.33. The molecule has 2 atom stereocenters. The minimum absolute atomic E-state index is 0.00777. The standard InChI is InChI=1S/C19H21NO4/c1-12(18(21)20-8-7-16(11-20)19(22)23)13-3-4-15-10-17(24-2)6-5-14(15)9-13/h3-6,9-10,12,16H,7-8,11H2,1-2H3,(H,22,23)/t12-,16?/m0/s1. The first-order valence-corrected chi connectivity index (χ1v) is 8.09. The fourth-order valence-corrected chi connectivity index (χ4v) is 3.22. The van der Waals surface area contributed by atoms with E-state index < -0.39 is 11.9 Å². The van der Waals surface area contributed by atoms with Crippen molar-refractivity contribution in [2.75, 3.05) is 20.2 Å². The zero-order chi connectivity index (χ0) is 17.3. The van der Waals surface area contributed by atoms with Gasteiger partial charge in [-0.05, 0) is 41.8 Å². The van der Waals surface area contributed by atoms with Crippen molar-refractivity contribution in [2.24, 2.45) is 5.92 Å². The molecular formula is C19H21NO4. The Morgan fingerprint density at radius 1 is 1.21 bits per heavy atom. The highest BCUT2D eigenvalue weighted by Crippen LogP contribution is 2.27. The van der Waals surface area contributed by atoms with Crippen molar-refractivity contribution in [3.63, 3.8) is 0 Å². The third-order valence-electron chi connectivity index (χ3n) is 4.79. The van der Waals surface area contributed by atoms with E-state index in [4.69, 9.17) is 9.84 Å². The van der Waals surface area contributed by atoms with Crippen LogP contribution in [0.15, 0.2) is 36.4 Å². The molecule has 5 heteroatoms. The van der Waals surface area contributed by atoms with Gasteiger partial charge >= 0.3 is 5.97 Å². The van der Waals surface area contributed by atoms with Crippen LogP contribution in [-0.4, -0.2) is 42.1 Å². The maximum Gasteiger partial charge on any atom is 0.308 e. The summed E-state index contributed by atoms with van der Waals surface area (Å²) < 4.78 is 5.23. The van der Waals surface area contributed by atoms with Gasteiger partial charge in [-0.3, -0.25) is 9.59 Å². The Morgan fingerprint density at radius 3 is 2.58 bits per heavy atom. The van der Waals surface area contributed by atoms with Crippen molar-refractivity contribution >= 4 is 22.6 Å². The summed E-state index contributed by atoms with van der Waals surface area (Å²) >= 11 is 0. The topological polar surface area (TPSA) is 66.8 Å². The molecule has 0 aromatic heterocycles. The zero-order valence-electron chi connectivity index (χ0n) is 13.9. The van der Waals surface area contributed by atoms with E-state index >= 15 is 0 Å². The quantitative estimate of drug-likeness (QED) is 0.937. The number of fused-ring (bicyclic) bond motifs is 1. The Labute approximate surface area is 140 Å². The number of carbonyl (C=O) groups excluding carboxylic acids is 1. The lowest BCUT2D eigenvalue weighted by atomic mass is 9.96. The second kappa shape index (κ2) is 6.51. The summed E-state index contributed by atoms with van der Waals surface area (Å²) in [5.41, 5.74) is 0.941. The molecule has 1 heterocycles. The van der Waals surface area contributed by atoms with Crippen molar-refractivity contribution in [3.05, 3.63) is 42.0 Å². The van der Waals surface area contributed by atoms with Gasteiger partial charge < -0.3 is 14.7 Å². The number of hydrogen-bond acceptors (Lipinski definition) is 3. The van der Waals surface area contributed by atoms with Crippen molar-refractivity contribution in [1.29, 1.82) is 0 Å². The minimum atomic E-state index is -0.822. The Kier molecular flexibility index (Phi) is 4.42. The van der Waals surface area contributed by atoms with E-state index in [0.29, 0.717) is 19.5 Å². The molecule has 0 spiro atoms. The molecule has 5 nitrogen and oxygen atoms in total. The summed E-state index contributed by atoms with van der Waals surface area (Å²) in [5.74, 6) is -0.755. The Balaban J connectivity index is 1.79. The summed E-state index contributed by atoms with van der Waals surface area (Å²) in [6.07, 6.45) is 0.533. The molecule has 126 valence electrons. The van der Waals surface area contributed by atoms with Crippen molar-refractivity contribution in [1.82, 2.24) is 4.90 Å². The van der Waals surface area contributed by atoms with Crippen molar-refractivity contribution in [2.45, 2.75) is 19.3 Å². The second-order valence-electron chi connectivity index (χ2n) is 6.30. The van der Waals surface area contributed by atoms with Crippen LogP contribution in [0.2, 0.25) is 0 Å². The second-order valence-corrected chi connectivity index (χ2v) is 6.30. The van der Waals surface area contributed by atoms with Crippen molar-refractivity contribution in [3.8, 4) is 5.75 Å². The number of carboxylic acid groups (broad SMARTS) is 1. The highest BCUT2D eigenvalue weighted by atomic mass is 16.5. The highest BCUT2D eigenvalue weighted by molar-refractivity contribution is 5.88. The lowest BCUT2D eigenvalue weighted by Gasteiger charge is -2.21. The molecule has 0 bridgehead atoms. The van der Waals surface area contributed by atoms with Gasteiger partial charge in [-0.2, -0.15) is 0 Å². The van der Waals surface area contributed by atoms with Crippen LogP contribution in [0.3, 0.4) is 0 Å². The lowest BCUT2D eigenvalue weighted by molar-refractivity contribution is -0.141. The molecule has 2 aromatic rings. The van der Waals surface area contributed by atoms with Crippen LogP contribution in [0.25, 0.3) is 10.8 Å². The summed E-state index contributed by atoms with van der Waals surface area (Å²) in [7, 11) is 1.64. The lowest BCUT2D eigenvalue weighted by Crippen LogP contribution is -2.33. The molecule has 1 N–H and O–H groups in total. The number of hydrogen-bond donors (Lipinski definition) is 1. The van der Waals surface area contributed by atoms with Gasteiger partial charge in [0.1, 0.15) is 5.75 Å². The van der Waals surface area contributed by atoms with E-state index in [2.05, 4.69) is 0 Å². The van der Waals surface area contributed by atoms with Gasteiger partial charge in [0.05, 0.1) is 18.9 Å². The molecule has 0 saturated carbocycles. The molecule has 1 fully saturated rings. The van der Waals surface area contributed by atoms with Crippen LogP contribution < -0.4 is 4.74 Å². The first-order valence-electron chi connectivity index (χ1n) is 8.09. The number of rotatable bonds is 4. The smallest absolute Gasteiger partial charge is 0.308 e. The molecule has 1 unspecified atom stereocenters. The van der Waals surface area contributed by atoms with Gasteiger partial charge in [-0.15, -0.1) is 0 Å². The van der Waals surface area contributed by atoms with E-state index in [0.717, 1.165) is 22.1 Å². The summed E-state index contributed by atoms with van der Waals surface area (Å²) in [5, 5.41) is 11.2. The summed E-state index contributed by atoms with van der Waals surface area (Å²) in [6.45, 7) is 2.70. The van der Waals surface area contributed by atoms with Gasteiger partial charge in [-0.1, -0.05) is 24.3 Å². The van der Waals surface area contributed by atoms with Crippen molar-refractivity contribution < 1.29 is 19.4 Å². The monoisotopic (exact) mass is 327 g/mol. The van der Waals surface area contributed by atoms with E-state index in [1.165, 1.54) is 0 Å². The third-order valence-corrected chi connectivity index (χ3v) is 4.79. The average molecular weight is 327 g/mol. The zero-order valence-corrected chi connectivity index (χ0v) is 13.9. The summed E-state index contributed by atoms with van der Waals surface area (Å²) in [6, 6.07) is 11.8. The number of likely N-dealkylation sites (tertiary alicyclic amines) is 1. The van der Waals surface area contributed by atoms with E-state index in [-0.39, 0.29) is 11.8 Å². The summed E-state index contributed by atoms with van der Waals surface area (Å²) in [4.78, 5) is 25.4. The molecule has 2 aromatic carbocycles. The fraction of sp³-hybridized carbons (Fsp3) is 0.368. The van der Waals surface area contributed by atoms with Gasteiger partial charge in [-0.25, -0.2) is 0 Å². The molecule has 0 aliphatic carbocycles. The van der Waals surface area contributed by atoms with Gasteiger partial charge in [0.15, 0.2) is 0 Å². The third kappa shape index (κ3) is 3.07. The fourth-order valence-electron chi connectivity index (χ4n) is 3.22. The normalized spacial score (nSPS) is 18.6. The van der Waals surface area contributed by atoms with Gasteiger partial charge in [0.2, 0.25) is 5.91 Å². The molecule has 1 amide bonds. The number of benzene rings is 2. The van der Waals surface area contributed by atoms with Crippen LogP contribution in [0.4, 0.5) is 0 Å². The first-order chi connectivity index (χ1) is 11.5. The number of nitrogens with zero attached hydrogens (tertiary/aromatic N) is 1. The average Bonchev–Trinajstić information content (AvgIpc) is 3.10. The number of amides is 1. The predicted octanol–water partition coefficient (Wildman–Crippen LogP) is 2.89. The van der Waals surface area contributed by atoms with Gasteiger partial charge in [0, 0.05) is 13.1 Å². The molecule has 1 aliphatic rings. The molecule has 1 saturated heterocycles. The van der Waals surface area contributed by atoms with E-state index in [9.17, 15) is 9.59 Å².